The number of nitrogens with one attached hydrogen (secondary N) is 1. The highest BCUT2D eigenvalue weighted by Gasteiger charge is 2.37. The number of rotatable bonds is 3. The summed E-state index contributed by atoms with van der Waals surface area (Å²) in [5, 5.41) is 13.2. The fourth-order valence-corrected chi connectivity index (χ4v) is 3.76. The van der Waals surface area contributed by atoms with Crippen molar-refractivity contribution in [3.8, 4) is 5.69 Å². The van der Waals surface area contributed by atoms with Gasteiger partial charge in [-0.1, -0.05) is 31.2 Å². The Balaban J connectivity index is 1.74. The van der Waals surface area contributed by atoms with Gasteiger partial charge in [0.05, 0.1) is 11.4 Å². The van der Waals surface area contributed by atoms with Gasteiger partial charge in [-0.25, -0.2) is 4.68 Å². The van der Waals surface area contributed by atoms with Crippen molar-refractivity contribution in [3.63, 3.8) is 0 Å². The molecular formula is C20H22N6O2. The van der Waals surface area contributed by atoms with Gasteiger partial charge in [-0.15, -0.1) is 5.10 Å². The van der Waals surface area contributed by atoms with Crippen molar-refractivity contribution in [3.05, 3.63) is 48.0 Å². The van der Waals surface area contributed by atoms with Crippen molar-refractivity contribution in [2.75, 3.05) is 13.1 Å². The summed E-state index contributed by atoms with van der Waals surface area (Å²) < 4.78 is 1.67. The number of nitrogens with zero attached hydrogens (tertiary/aromatic N) is 5. The summed E-state index contributed by atoms with van der Waals surface area (Å²) >= 11 is 0. The largest absolute Gasteiger partial charge is 0.353 e. The van der Waals surface area contributed by atoms with E-state index in [1.807, 2.05) is 45.0 Å². The minimum atomic E-state index is -0.505. The number of pyridine rings is 1. The van der Waals surface area contributed by atoms with Crippen LogP contribution in [0.1, 0.15) is 30.0 Å². The zero-order valence-electron chi connectivity index (χ0n) is 16.1. The van der Waals surface area contributed by atoms with E-state index in [1.165, 1.54) is 0 Å². The summed E-state index contributed by atoms with van der Waals surface area (Å²) in [6, 6.07) is 7.24. The van der Waals surface area contributed by atoms with Gasteiger partial charge in [0.1, 0.15) is 6.04 Å². The number of hydrogen-bond donors (Lipinski definition) is 1. The average Bonchev–Trinajstić information content (AvgIpc) is 3.07. The van der Waals surface area contributed by atoms with Gasteiger partial charge in [0.25, 0.3) is 5.91 Å². The predicted octanol–water partition coefficient (Wildman–Crippen LogP) is 1.72. The molecule has 1 atom stereocenters. The van der Waals surface area contributed by atoms with Crippen LogP contribution < -0.4 is 5.32 Å². The standard InChI is InChI=1S/C20H22N6O2/c1-12(2)18-19(27)22-9-10-25(18)20(28)17-13(3)26(24-23-17)16-6-4-5-14-11-21-8-7-15(14)16/h4-8,11-12,18H,9-10H2,1-3H3,(H,22,27). The lowest BCUT2D eigenvalue weighted by Gasteiger charge is -2.36. The molecule has 8 heteroatoms. The molecule has 4 rings (SSSR count). The van der Waals surface area contributed by atoms with Gasteiger partial charge in [0, 0.05) is 36.3 Å². The first-order valence-corrected chi connectivity index (χ1v) is 9.33. The predicted molar refractivity (Wildman–Crippen MR) is 104 cm³/mol. The summed E-state index contributed by atoms with van der Waals surface area (Å²) in [6.07, 6.45) is 3.51. The Hall–Kier alpha value is -3.29. The SMILES string of the molecule is Cc1c(C(=O)N2CCNC(=O)C2C(C)C)nnn1-c1cccc2cnccc12. The molecule has 1 aliphatic heterocycles. The molecule has 1 unspecified atom stereocenters. The van der Waals surface area contributed by atoms with E-state index in [4.69, 9.17) is 0 Å². The number of fused-ring (bicyclic) bond motifs is 1. The highest BCUT2D eigenvalue weighted by Crippen LogP contribution is 2.24. The second-order valence-corrected chi connectivity index (χ2v) is 7.29. The van der Waals surface area contributed by atoms with Crippen LogP contribution >= 0.6 is 0 Å². The van der Waals surface area contributed by atoms with Gasteiger partial charge < -0.3 is 10.2 Å². The molecule has 3 aromatic rings. The summed E-state index contributed by atoms with van der Waals surface area (Å²) in [5.41, 5.74) is 1.75. The molecule has 1 N–H and O–H groups in total. The Labute approximate surface area is 162 Å². The molecule has 0 radical (unpaired) electrons. The molecule has 0 spiro atoms. The first-order chi connectivity index (χ1) is 13.5. The Morgan fingerprint density at radius 2 is 2.11 bits per heavy atom. The monoisotopic (exact) mass is 378 g/mol. The summed E-state index contributed by atoms with van der Waals surface area (Å²) in [7, 11) is 0. The normalized spacial score (nSPS) is 17.2. The van der Waals surface area contributed by atoms with Crippen LogP contribution in [0.25, 0.3) is 16.5 Å². The smallest absolute Gasteiger partial charge is 0.277 e. The Bertz CT molecular complexity index is 1050. The van der Waals surface area contributed by atoms with E-state index in [0.717, 1.165) is 16.5 Å². The van der Waals surface area contributed by atoms with Crippen LogP contribution in [-0.2, 0) is 4.79 Å². The van der Waals surface area contributed by atoms with E-state index in [1.54, 1.807) is 22.0 Å². The fraction of sp³-hybridized carbons (Fsp3) is 0.350. The maximum atomic E-state index is 13.2. The molecule has 3 heterocycles. The topological polar surface area (TPSA) is 93.0 Å². The third-order valence-electron chi connectivity index (χ3n) is 5.13. The third kappa shape index (κ3) is 2.90. The molecule has 28 heavy (non-hydrogen) atoms. The van der Waals surface area contributed by atoms with Crippen molar-refractivity contribution in [1.29, 1.82) is 0 Å². The highest BCUT2D eigenvalue weighted by atomic mass is 16.2. The maximum Gasteiger partial charge on any atom is 0.277 e. The molecule has 1 saturated heterocycles. The molecule has 0 bridgehead atoms. The number of aromatic nitrogens is 4. The number of carbonyl (C=O) groups is 2. The van der Waals surface area contributed by atoms with Crippen LogP contribution in [-0.4, -0.2) is 55.8 Å². The van der Waals surface area contributed by atoms with Gasteiger partial charge in [0.15, 0.2) is 5.69 Å². The Morgan fingerprint density at radius 1 is 1.29 bits per heavy atom. The van der Waals surface area contributed by atoms with E-state index in [2.05, 4.69) is 20.6 Å². The summed E-state index contributed by atoms with van der Waals surface area (Å²) in [6.45, 7) is 6.59. The van der Waals surface area contributed by atoms with Crippen LogP contribution in [0, 0.1) is 12.8 Å². The van der Waals surface area contributed by atoms with Crippen molar-refractivity contribution < 1.29 is 9.59 Å². The molecule has 0 saturated carbocycles. The van der Waals surface area contributed by atoms with Crippen LogP contribution in [0.5, 0.6) is 0 Å². The van der Waals surface area contributed by atoms with Crippen molar-refractivity contribution in [1.82, 2.24) is 30.2 Å². The van der Waals surface area contributed by atoms with Gasteiger partial charge in [-0.2, -0.15) is 0 Å². The molecule has 2 amide bonds. The number of piperazine rings is 1. The molecular weight excluding hydrogens is 356 g/mol. The maximum absolute atomic E-state index is 13.2. The van der Waals surface area contributed by atoms with E-state index in [0.29, 0.717) is 18.8 Å². The molecule has 144 valence electrons. The van der Waals surface area contributed by atoms with Gasteiger partial charge in [0.2, 0.25) is 5.91 Å². The van der Waals surface area contributed by atoms with Crippen LogP contribution in [0.4, 0.5) is 0 Å². The number of carbonyl (C=O) groups excluding carboxylic acids is 2. The fourth-order valence-electron chi connectivity index (χ4n) is 3.76. The lowest BCUT2D eigenvalue weighted by atomic mass is 9.99. The van der Waals surface area contributed by atoms with Crippen molar-refractivity contribution in [2.24, 2.45) is 5.92 Å². The van der Waals surface area contributed by atoms with E-state index >= 15 is 0 Å². The minimum absolute atomic E-state index is 0.00479. The zero-order chi connectivity index (χ0) is 19.8. The first-order valence-electron chi connectivity index (χ1n) is 9.33. The lowest BCUT2D eigenvalue weighted by molar-refractivity contribution is -0.129. The second kappa shape index (κ2) is 7.03. The molecule has 8 nitrogen and oxygen atoms in total. The van der Waals surface area contributed by atoms with Crippen molar-refractivity contribution >= 4 is 22.6 Å². The summed E-state index contributed by atoms with van der Waals surface area (Å²) in [5.74, 6) is -0.384. The van der Waals surface area contributed by atoms with Crippen molar-refractivity contribution in [2.45, 2.75) is 26.8 Å². The highest BCUT2D eigenvalue weighted by molar-refractivity contribution is 5.98. The van der Waals surface area contributed by atoms with E-state index < -0.39 is 6.04 Å². The number of amides is 2. The molecule has 1 fully saturated rings. The van der Waals surface area contributed by atoms with E-state index in [-0.39, 0.29) is 23.4 Å². The molecule has 1 aliphatic rings. The van der Waals surface area contributed by atoms with Gasteiger partial charge in [-0.3, -0.25) is 14.6 Å². The zero-order valence-corrected chi connectivity index (χ0v) is 16.1. The second-order valence-electron chi connectivity index (χ2n) is 7.29. The summed E-state index contributed by atoms with van der Waals surface area (Å²) in [4.78, 5) is 31.3. The minimum Gasteiger partial charge on any atom is -0.353 e. The van der Waals surface area contributed by atoms with Crippen LogP contribution in [0.15, 0.2) is 36.7 Å². The Kier molecular flexibility index (Phi) is 4.54. The van der Waals surface area contributed by atoms with Crippen LogP contribution in [0.2, 0.25) is 0 Å². The number of hydrogen-bond acceptors (Lipinski definition) is 5. The quantitative estimate of drug-likeness (QED) is 0.749. The average molecular weight is 378 g/mol. The molecule has 0 aliphatic carbocycles. The first kappa shape index (κ1) is 18.1. The van der Waals surface area contributed by atoms with Crippen LogP contribution in [0.3, 0.4) is 0 Å². The molecule has 2 aromatic heterocycles. The van der Waals surface area contributed by atoms with E-state index in [9.17, 15) is 9.59 Å². The lowest BCUT2D eigenvalue weighted by Crippen LogP contribution is -2.59. The molecule has 1 aromatic carbocycles. The third-order valence-corrected chi connectivity index (χ3v) is 5.13. The Morgan fingerprint density at radius 3 is 2.89 bits per heavy atom. The number of benzene rings is 1. The van der Waals surface area contributed by atoms with Gasteiger partial charge >= 0.3 is 0 Å². The van der Waals surface area contributed by atoms with Gasteiger partial charge in [-0.05, 0) is 25.0 Å².